The normalized spacial score (nSPS) is 22.0. The third kappa shape index (κ3) is 5.29. The summed E-state index contributed by atoms with van der Waals surface area (Å²) in [4.78, 5) is 0. The van der Waals surface area contributed by atoms with Crippen molar-refractivity contribution in [2.75, 3.05) is 0 Å². The Labute approximate surface area is 77.1 Å². The summed E-state index contributed by atoms with van der Waals surface area (Å²) in [5, 5.41) is 0. The van der Waals surface area contributed by atoms with E-state index in [0.717, 1.165) is 0 Å². The second kappa shape index (κ2) is 7.27. The lowest BCUT2D eigenvalue weighted by Gasteiger charge is -1.99. The Bertz CT molecular complexity index is 99.2. The van der Waals surface area contributed by atoms with Gasteiger partial charge in [0.1, 0.15) is 0 Å². The number of rotatable bonds is 0. The quantitative estimate of drug-likeness (QED) is 0.470. The molecular formula is C12H21+. The molecule has 0 radical (unpaired) electrons. The highest BCUT2D eigenvalue weighted by Crippen LogP contribution is 2.12. The van der Waals surface area contributed by atoms with E-state index in [4.69, 9.17) is 0 Å². The zero-order chi connectivity index (χ0) is 8.49. The first-order valence-corrected chi connectivity index (χ1v) is 5.48. The van der Waals surface area contributed by atoms with Crippen molar-refractivity contribution < 1.29 is 0 Å². The minimum absolute atomic E-state index is 1.29. The van der Waals surface area contributed by atoms with Gasteiger partial charge in [0.2, 0.25) is 0 Å². The van der Waals surface area contributed by atoms with E-state index in [1.54, 1.807) is 0 Å². The first-order valence-electron chi connectivity index (χ1n) is 5.48. The largest absolute Gasteiger partial charge is 0.0893 e. The Hall–Kier alpha value is -0.390. The van der Waals surface area contributed by atoms with Gasteiger partial charge in [0.15, 0.2) is 0 Å². The Morgan fingerprint density at radius 1 is 0.750 bits per heavy atom. The highest BCUT2D eigenvalue weighted by atomic mass is 14.0. The van der Waals surface area contributed by atoms with Crippen LogP contribution in [0.5, 0.6) is 0 Å². The van der Waals surface area contributed by atoms with Crippen molar-refractivity contribution in [1.82, 2.24) is 0 Å². The van der Waals surface area contributed by atoms with Crippen molar-refractivity contribution in [1.29, 1.82) is 0 Å². The zero-order valence-corrected chi connectivity index (χ0v) is 8.10. The fourth-order valence-corrected chi connectivity index (χ4v) is 1.70. The number of allylic oxidation sites excluding steroid dienone is 2. The molecule has 0 aromatic carbocycles. The molecule has 0 saturated carbocycles. The van der Waals surface area contributed by atoms with Gasteiger partial charge in [-0.1, -0.05) is 32.1 Å². The highest BCUT2D eigenvalue weighted by Gasteiger charge is 1.96. The van der Waals surface area contributed by atoms with E-state index in [9.17, 15) is 0 Å². The van der Waals surface area contributed by atoms with Crippen molar-refractivity contribution in [3.8, 4) is 0 Å². The van der Waals surface area contributed by atoms with Crippen molar-refractivity contribution in [2.24, 2.45) is 0 Å². The second-order valence-electron chi connectivity index (χ2n) is 3.72. The Morgan fingerprint density at radius 3 is 2.25 bits per heavy atom. The molecule has 0 spiro atoms. The molecule has 0 heteroatoms. The predicted octanol–water partition coefficient (Wildman–Crippen LogP) is 4.27. The Balaban J connectivity index is 2.10. The second-order valence-corrected chi connectivity index (χ2v) is 3.72. The third-order valence-corrected chi connectivity index (χ3v) is 2.51. The van der Waals surface area contributed by atoms with Crippen LogP contribution in [0.25, 0.3) is 0 Å². The molecule has 0 bridgehead atoms. The molecule has 0 amide bonds. The molecule has 0 aromatic rings. The van der Waals surface area contributed by atoms with E-state index in [2.05, 4.69) is 18.6 Å². The summed E-state index contributed by atoms with van der Waals surface area (Å²) in [6.45, 7) is 0. The van der Waals surface area contributed by atoms with Crippen LogP contribution in [0.1, 0.15) is 57.8 Å². The number of hydrogen-bond acceptors (Lipinski definition) is 0. The van der Waals surface area contributed by atoms with Gasteiger partial charge in [0.05, 0.1) is 6.08 Å². The lowest BCUT2D eigenvalue weighted by Crippen LogP contribution is -1.83. The first-order chi connectivity index (χ1) is 6.00. The molecule has 0 atom stereocenters. The molecule has 0 unspecified atom stereocenters. The Morgan fingerprint density at radius 2 is 1.42 bits per heavy atom. The van der Waals surface area contributed by atoms with Gasteiger partial charge in [-0.25, -0.2) is 0 Å². The summed E-state index contributed by atoms with van der Waals surface area (Å²) in [5.74, 6) is 0. The molecule has 12 heavy (non-hydrogen) atoms. The van der Waals surface area contributed by atoms with Crippen LogP contribution in [-0.2, 0) is 0 Å². The fourth-order valence-electron chi connectivity index (χ4n) is 1.70. The molecule has 0 aromatic heterocycles. The topological polar surface area (TPSA) is 0 Å². The molecule has 1 aliphatic rings. The van der Waals surface area contributed by atoms with Gasteiger partial charge in [-0.3, -0.25) is 0 Å². The molecule has 0 nitrogen and oxygen atoms in total. The molecule has 1 rings (SSSR count). The molecule has 0 aliphatic heterocycles. The summed E-state index contributed by atoms with van der Waals surface area (Å²) in [6, 6.07) is 0. The van der Waals surface area contributed by atoms with Crippen molar-refractivity contribution in [3.05, 3.63) is 18.6 Å². The lowest BCUT2D eigenvalue weighted by atomic mass is 10.0. The summed E-state index contributed by atoms with van der Waals surface area (Å²) in [7, 11) is 0. The number of hydrogen-bond donors (Lipinski definition) is 0. The van der Waals surface area contributed by atoms with Crippen molar-refractivity contribution in [2.45, 2.75) is 57.8 Å². The molecule has 0 fully saturated rings. The average molecular weight is 165 g/mol. The van der Waals surface area contributed by atoms with E-state index >= 15 is 0 Å². The van der Waals surface area contributed by atoms with Gasteiger partial charge in [0.25, 0.3) is 0 Å². The maximum absolute atomic E-state index is 2.32. The molecular weight excluding hydrogens is 144 g/mol. The lowest BCUT2D eigenvalue weighted by molar-refractivity contribution is 0.578. The van der Waals surface area contributed by atoms with Gasteiger partial charge in [-0.2, -0.15) is 0 Å². The molecule has 0 saturated heterocycles. The molecule has 0 N–H and O–H groups in total. The van der Waals surface area contributed by atoms with E-state index in [0.29, 0.717) is 0 Å². The maximum Gasteiger partial charge on any atom is 0.0893 e. The average Bonchev–Trinajstić information content (AvgIpc) is 2.05. The van der Waals surface area contributed by atoms with Crippen LogP contribution < -0.4 is 0 Å². The minimum atomic E-state index is 1.29. The molecule has 1 aliphatic carbocycles. The van der Waals surface area contributed by atoms with E-state index in [-0.39, 0.29) is 0 Å². The SMILES string of the molecule is C1=CCCCCCCCCC[CH+]1. The van der Waals surface area contributed by atoms with Crippen LogP contribution in [0.4, 0.5) is 0 Å². The maximum atomic E-state index is 2.32. The predicted molar refractivity (Wildman–Crippen MR) is 55.0 cm³/mol. The smallest absolute Gasteiger partial charge is 0.0533 e. The molecule has 0 heterocycles. The standard InChI is InChI=1S/C12H21/c1-2-4-6-8-10-12-11-9-7-5-3-1/h1-3H,4-12H2/q+1. The van der Waals surface area contributed by atoms with Gasteiger partial charge >= 0.3 is 0 Å². The van der Waals surface area contributed by atoms with E-state index < -0.39 is 0 Å². The van der Waals surface area contributed by atoms with Crippen LogP contribution in [0, 0.1) is 6.42 Å². The van der Waals surface area contributed by atoms with Crippen LogP contribution in [-0.4, -0.2) is 0 Å². The van der Waals surface area contributed by atoms with Crippen LogP contribution >= 0.6 is 0 Å². The minimum Gasteiger partial charge on any atom is -0.0533 e. The summed E-state index contributed by atoms with van der Waals surface area (Å²) >= 11 is 0. The van der Waals surface area contributed by atoms with Crippen molar-refractivity contribution in [3.63, 3.8) is 0 Å². The summed E-state index contributed by atoms with van der Waals surface area (Å²) in [6.07, 6.45) is 19.5. The Kier molecular flexibility index (Phi) is 5.87. The van der Waals surface area contributed by atoms with Gasteiger partial charge in [-0.15, -0.1) is 0 Å². The monoisotopic (exact) mass is 165 g/mol. The van der Waals surface area contributed by atoms with E-state index in [1.807, 2.05) is 0 Å². The van der Waals surface area contributed by atoms with Crippen LogP contribution in [0.3, 0.4) is 0 Å². The van der Waals surface area contributed by atoms with Crippen LogP contribution in [0.2, 0.25) is 0 Å². The van der Waals surface area contributed by atoms with Gasteiger partial charge in [0, 0.05) is 25.3 Å². The summed E-state index contributed by atoms with van der Waals surface area (Å²) in [5.41, 5.74) is 0. The van der Waals surface area contributed by atoms with Crippen LogP contribution in [0.15, 0.2) is 12.2 Å². The van der Waals surface area contributed by atoms with Gasteiger partial charge < -0.3 is 0 Å². The molecule has 68 valence electrons. The first kappa shape index (κ1) is 9.70. The zero-order valence-electron chi connectivity index (χ0n) is 8.10. The third-order valence-electron chi connectivity index (χ3n) is 2.51. The highest BCUT2D eigenvalue weighted by molar-refractivity contribution is 4.94. The van der Waals surface area contributed by atoms with Gasteiger partial charge in [-0.05, 0) is 12.8 Å². The fraction of sp³-hybridized carbons (Fsp3) is 0.750. The summed E-state index contributed by atoms with van der Waals surface area (Å²) < 4.78 is 0. The van der Waals surface area contributed by atoms with E-state index in [1.165, 1.54) is 57.8 Å². The van der Waals surface area contributed by atoms with Crippen molar-refractivity contribution >= 4 is 0 Å².